The van der Waals surface area contributed by atoms with Gasteiger partial charge in [-0.05, 0) is 142 Å². The highest BCUT2D eigenvalue weighted by Gasteiger charge is 2.60. The summed E-state index contributed by atoms with van der Waals surface area (Å²) in [5.74, 6) is 6.87. The van der Waals surface area contributed by atoms with Gasteiger partial charge in [-0.15, -0.1) is 0 Å². The minimum Gasteiger partial charge on any atom is -0.465 e. The van der Waals surface area contributed by atoms with Crippen molar-refractivity contribution in [2.24, 2.45) is 58.2 Å². The van der Waals surface area contributed by atoms with E-state index >= 15 is 0 Å². The summed E-state index contributed by atoms with van der Waals surface area (Å²) in [6, 6.07) is 0. The summed E-state index contributed by atoms with van der Waals surface area (Å²) in [5.41, 5.74) is 1.23. The van der Waals surface area contributed by atoms with Gasteiger partial charge in [-0.3, -0.25) is 4.79 Å². The van der Waals surface area contributed by atoms with Crippen LogP contribution < -0.4 is 0 Å². The molecule has 0 bridgehead atoms. The van der Waals surface area contributed by atoms with E-state index in [1.54, 1.807) is 0 Å². The van der Waals surface area contributed by atoms with Crippen molar-refractivity contribution in [2.75, 3.05) is 6.61 Å². The summed E-state index contributed by atoms with van der Waals surface area (Å²) in [6.07, 6.45) is 45.7. The normalized spacial score (nSPS) is 31.8. The number of hydrogen-bond acceptors (Lipinski definition) is 2. The average molecular weight is 723 g/mol. The largest absolute Gasteiger partial charge is 0.465 e. The van der Waals surface area contributed by atoms with Gasteiger partial charge in [-0.1, -0.05) is 156 Å². The Morgan fingerprint density at radius 3 is 1.92 bits per heavy atom. The Morgan fingerprint density at radius 2 is 1.25 bits per heavy atom. The van der Waals surface area contributed by atoms with Crippen LogP contribution in [0.3, 0.4) is 0 Å². The van der Waals surface area contributed by atoms with Gasteiger partial charge in [0.1, 0.15) is 0 Å². The third kappa shape index (κ3) is 12.9. The third-order valence-corrected chi connectivity index (χ3v) is 16.5. The van der Waals surface area contributed by atoms with Gasteiger partial charge in [-0.2, -0.15) is 0 Å². The second-order valence-corrected chi connectivity index (χ2v) is 20.1. The molecule has 0 aromatic rings. The lowest BCUT2D eigenvalue weighted by Gasteiger charge is -2.61. The fourth-order valence-electron chi connectivity index (χ4n) is 12.8. The number of unbranched alkanes of at least 4 members (excludes halogenated alkanes) is 15. The smallest absolute Gasteiger partial charge is 0.305 e. The molecule has 52 heavy (non-hydrogen) atoms. The molecule has 2 nitrogen and oxygen atoms in total. The lowest BCUT2D eigenvalue weighted by atomic mass is 9.44. The van der Waals surface area contributed by atoms with Crippen molar-refractivity contribution in [3.05, 3.63) is 12.2 Å². The monoisotopic (exact) mass is 723 g/mol. The molecule has 0 heterocycles. The van der Waals surface area contributed by atoms with Crippen LogP contribution in [0.25, 0.3) is 0 Å². The fourth-order valence-corrected chi connectivity index (χ4v) is 12.8. The van der Waals surface area contributed by atoms with Crippen LogP contribution in [0.5, 0.6) is 0 Å². The van der Waals surface area contributed by atoms with E-state index in [1.165, 1.54) is 180 Å². The Hall–Kier alpha value is -0.790. The number of esters is 1. The molecular weight excluding hydrogens is 633 g/mol. The van der Waals surface area contributed by atoms with Gasteiger partial charge >= 0.3 is 5.97 Å². The quantitative estimate of drug-likeness (QED) is 0.0505. The van der Waals surface area contributed by atoms with E-state index in [-0.39, 0.29) is 5.97 Å². The van der Waals surface area contributed by atoms with Crippen molar-refractivity contribution in [1.29, 1.82) is 0 Å². The molecule has 0 aromatic carbocycles. The molecule has 0 aromatic heterocycles. The summed E-state index contributed by atoms with van der Waals surface area (Å²) in [7, 11) is 0. The molecule has 4 aliphatic rings. The number of carbonyl (C=O) groups excluding carboxylic acids is 1. The van der Waals surface area contributed by atoms with E-state index in [4.69, 9.17) is 4.74 Å². The Bertz CT molecular complexity index is 1000. The van der Waals surface area contributed by atoms with Gasteiger partial charge in [0.2, 0.25) is 0 Å². The van der Waals surface area contributed by atoms with Crippen molar-refractivity contribution in [1.82, 2.24) is 0 Å². The molecule has 4 aliphatic carbocycles. The Kier molecular flexibility index (Phi) is 19.7. The maximum Gasteiger partial charge on any atom is 0.305 e. The number of hydrogen-bond donors (Lipinski definition) is 0. The van der Waals surface area contributed by atoms with E-state index in [9.17, 15) is 4.79 Å². The zero-order valence-corrected chi connectivity index (χ0v) is 36.0. The summed E-state index contributed by atoms with van der Waals surface area (Å²) < 4.78 is 5.81. The van der Waals surface area contributed by atoms with Crippen molar-refractivity contribution in [3.63, 3.8) is 0 Å². The van der Waals surface area contributed by atoms with E-state index < -0.39 is 0 Å². The van der Waals surface area contributed by atoms with Gasteiger partial charge in [0.25, 0.3) is 0 Å². The molecule has 302 valence electrons. The zero-order valence-electron chi connectivity index (χ0n) is 36.0. The van der Waals surface area contributed by atoms with Crippen molar-refractivity contribution in [3.8, 4) is 0 Å². The summed E-state index contributed by atoms with van der Waals surface area (Å²) >= 11 is 0. The molecule has 0 amide bonds. The fraction of sp³-hybridized carbons (Fsp3) is 0.940. The number of fused-ring (bicyclic) bond motifs is 5. The highest BCUT2D eigenvalue weighted by molar-refractivity contribution is 5.69. The maximum atomic E-state index is 12.5. The molecule has 0 saturated heterocycles. The molecule has 0 spiro atoms. The van der Waals surface area contributed by atoms with Crippen LogP contribution in [0, 0.1) is 58.2 Å². The van der Waals surface area contributed by atoms with Crippen molar-refractivity contribution < 1.29 is 9.53 Å². The first-order valence-electron chi connectivity index (χ1n) is 24.0. The van der Waals surface area contributed by atoms with Crippen LogP contribution in [-0.4, -0.2) is 12.6 Å². The Labute approximate surface area is 325 Å². The molecule has 4 fully saturated rings. The summed E-state index contributed by atoms with van der Waals surface area (Å²) in [6.45, 7) is 15.7. The molecule has 0 radical (unpaired) electrons. The van der Waals surface area contributed by atoms with Crippen molar-refractivity contribution in [2.45, 2.75) is 234 Å². The van der Waals surface area contributed by atoms with Gasteiger partial charge in [-0.25, -0.2) is 0 Å². The van der Waals surface area contributed by atoms with Gasteiger partial charge in [0.15, 0.2) is 0 Å². The predicted octanol–water partition coefficient (Wildman–Crippen LogP) is 15.9. The van der Waals surface area contributed by atoms with E-state index in [1.807, 2.05) is 0 Å². The molecule has 2 heteroatoms. The first kappa shape index (κ1) is 43.9. The highest BCUT2D eigenvalue weighted by Crippen LogP contribution is 2.68. The highest BCUT2D eigenvalue weighted by atomic mass is 16.5. The van der Waals surface area contributed by atoms with E-state index in [2.05, 4.69) is 53.7 Å². The minimum atomic E-state index is 0.0325. The molecule has 4 saturated carbocycles. The summed E-state index contributed by atoms with van der Waals surface area (Å²) in [4.78, 5) is 12.5. The molecule has 0 N–H and O–H groups in total. The number of carbonyl (C=O) groups is 1. The molecule has 4 rings (SSSR count). The number of ether oxygens (including phenoxy) is 1. The van der Waals surface area contributed by atoms with Gasteiger partial charge < -0.3 is 4.74 Å². The maximum absolute atomic E-state index is 12.5. The lowest BCUT2D eigenvalue weighted by Crippen LogP contribution is -2.53. The molecular formula is C50H90O2. The zero-order chi connectivity index (χ0) is 37.2. The first-order chi connectivity index (χ1) is 25.2. The Balaban J connectivity index is 0.980. The first-order valence-corrected chi connectivity index (χ1v) is 24.0. The van der Waals surface area contributed by atoms with Crippen molar-refractivity contribution >= 4 is 5.97 Å². The third-order valence-electron chi connectivity index (χ3n) is 16.5. The molecule has 0 aliphatic heterocycles. The standard InChI is InChI=1S/C50H90O2/c1-7-8-9-10-11-12-13-14-15-16-17-18-19-20-21-22-23-24-25-29-48(51)52-39-42(4)40(2)30-31-41(3)45-34-35-46-44-33-32-43-28-26-27-37-49(43,5)47(44)36-38-50(45,46)6/h14-15,40-47H,7-13,16-39H2,1-6H3/b15-14-/t40-,41+,42?,43?,44-,45+,46-,47-,49-,50+/m0/s1. The molecule has 2 unspecified atom stereocenters. The van der Waals surface area contributed by atoms with E-state index in [0.29, 0.717) is 35.7 Å². The Morgan fingerprint density at radius 1 is 0.635 bits per heavy atom. The SMILES string of the molecule is CCCCCCCC/C=C\CCCCCCCCCCCC(=O)OCC(C)[C@@H](C)CC[C@@H](C)[C@H]1CC[C@H]2[C@@H]3CCC4CCCC[C@]4(C)[C@H]3CC[C@]12C. The van der Waals surface area contributed by atoms with E-state index in [0.717, 1.165) is 41.9 Å². The summed E-state index contributed by atoms with van der Waals surface area (Å²) in [5, 5.41) is 0. The van der Waals surface area contributed by atoms with Gasteiger partial charge in [0.05, 0.1) is 6.61 Å². The minimum absolute atomic E-state index is 0.0325. The predicted molar refractivity (Wildman–Crippen MR) is 225 cm³/mol. The van der Waals surface area contributed by atoms with Gasteiger partial charge in [0, 0.05) is 6.42 Å². The van der Waals surface area contributed by atoms with Crippen LogP contribution in [-0.2, 0) is 9.53 Å². The topological polar surface area (TPSA) is 26.3 Å². The van der Waals surface area contributed by atoms with Crippen LogP contribution in [0.15, 0.2) is 12.2 Å². The second kappa shape index (κ2) is 23.3. The van der Waals surface area contributed by atoms with Crippen LogP contribution >= 0.6 is 0 Å². The van der Waals surface area contributed by atoms with Crippen LogP contribution in [0.1, 0.15) is 234 Å². The number of allylic oxidation sites excluding steroid dienone is 2. The van der Waals surface area contributed by atoms with Crippen LogP contribution in [0.2, 0.25) is 0 Å². The number of rotatable bonds is 26. The molecule has 10 atom stereocenters. The second-order valence-electron chi connectivity index (χ2n) is 20.1. The lowest BCUT2D eigenvalue weighted by molar-refractivity contribution is -0.145. The average Bonchev–Trinajstić information content (AvgIpc) is 3.50. The van der Waals surface area contributed by atoms with Crippen LogP contribution in [0.4, 0.5) is 0 Å².